The summed E-state index contributed by atoms with van der Waals surface area (Å²) in [6.45, 7) is 0.903. The number of carboxylic acids is 1. The number of hydrogen-bond acceptors (Lipinski definition) is 5. The number of carbonyl (C=O) groups excluding carboxylic acids is 1. The molecule has 0 radical (unpaired) electrons. The van der Waals surface area contributed by atoms with Gasteiger partial charge in [-0.05, 0) is 18.2 Å². The zero-order valence-corrected chi connectivity index (χ0v) is 9.11. The summed E-state index contributed by atoms with van der Waals surface area (Å²) in [5, 5.41) is 7.60. The lowest BCUT2D eigenvalue weighted by molar-refractivity contribution is -0.109. The van der Waals surface area contributed by atoms with E-state index in [1.165, 1.54) is 0 Å². The van der Waals surface area contributed by atoms with Gasteiger partial charge in [0.1, 0.15) is 0 Å². The molecule has 0 aromatic heterocycles. The molecule has 0 aliphatic carbocycles. The van der Waals surface area contributed by atoms with Crippen LogP contribution in [-0.4, -0.2) is 24.6 Å². The Hall–Kier alpha value is -1.89. The van der Waals surface area contributed by atoms with Crippen LogP contribution in [0.15, 0.2) is 23.1 Å². The molecule has 3 N–H and O–H groups in total. The molecule has 0 unspecified atom stereocenters. The van der Waals surface area contributed by atoms with Gasteiger partial charge in [0.15, 0.2) is 0 Å². The van der Waals surface area contributed by atoms with Crippen LogP contribution in [0.4, 0.5) is 5.69 Å². The minimum Gasteiger partial charge on any atom is -0.478 e. The molecule has 86 valence electrons. The summed E-state index contributed by atoms with van der Waals surface area (Å²) in [5.41, 5.74) is 4.99. The Labute approximate surface area is 91.6 Å². The molecule has 0 saturated carbocycles. The van der Waals surface area contributed by atoms with Crippen LogP contribution in [0.2, 0.25) is 0 Å². The molecule has 0 aliphatic heterocycles. The number of anilines is 1. The van der Waals surface area contributed by atoms with Crippen LogP contribution in [0, 0.1) is 0 Å². The van der Waals surface area contributed by atoms with Gasteiger partial charge in [0.2, 0.25) is 15.0 Å². The number of carbonyl (C=O) groups is 2. The Balaban J connectivity index is 3.41. The lowest BCUT2D eigenvalue weighted by Crippen LogP contribution is -2.13. The first-order valence-electron chi connectivity index (χ1n) is 4.15. The highest BCUT2D eigenvalue weighted by atomic mass is 32.2. The van der Waals surface area contributed by atoms with Crippen LogP contribution in [0.5, 0.6) is 0 Å². The molecule has 0 heterocycles. The average molecular weight is 243 g/mol. The summed E-state index contributed by atoms with van der Waals surface area (Å²) in [7, 11) is -4.11. The monoisotopic (exact) mass is 243 g/mol. The number of nitrogens with two attached hydrogens (primary N) is 1. The van der Waals surface area contributed by atoms with Gasteiger partial charge < -0.3 is 10.8 Å². The van der Waals surface area contributed by atoms with Crippen molar-refractivity contribution in [3.05, 3.63) is 23.8 Å². The number of carboxylic acid groups (broad SMARTS) is 1. The number of aromatic carboxylic acids is 1. The number of rotatable bonds is 2. The van der Waals surface area contributed by atoms with Gasteiger partial charge in [-0.1, -0.05) is 0 Å². The lowest BCUT2D eigenvalue weighted by Gasteiger charge is -2.05. The zero-order chi connectivity index (χ0) is 12.5. The first-order chi connectivity index (χ1) is 7.26. The third kappa shape index (κ3) is 2.03. The van der Waals surface area contributed by atoms with Crippen molar-refractivity contribution in [2.24, 2.45) is 0 Å². The summed E-state index contributed by atoms with van der Waals surface area (Å²) in [4.78, 5) is 21.1. The minimum atomic E-state index is -4.11. The quantitative estimate of drug-likeness (QED) is 0.721. The standard InChI is InChI=1S/C9H9NO5S/c1-5(11)16(14,15)8-3-2-6(9(12)13)4-7(8)10/h2-4H,10H2,1H3,(H,12,13). The van der Waals surface area contributed by atoms with E-state index in [1.54, 1.807) is 0 Å². The lowest BCUT2D eigenvalue weighted by atomic mass is 10.2. The summed E-state index contributed by atoms with van der Waals surface area (Å²) in [5.74, 6) is -1.22. The molecule has 0 amide bonds. The molecule has 0 bridgehead atoms. The molecule has 0 fully saturated rings. The molecule has 0 spiro atoms. The van der Waals surface area contributed by atoms with Crippen molar-refractivity contribution in [2.45, 2.75) is 11.8 Å². The molecule has 0 aliphatic rings. The third-order valence-electron chi connectivity index (χ3n) is 1.92. The Morgan fingerprint density at radius 2 is 1.88 bits per heavy atom. The normalized spacial score (nSPS) is 11.1. The van der Waals surface area contributed by atoms with Crippen LogP contribution in [0.3, 0.4) is 0 Å². The fourth-order valence-corrected chi connectivity index (χ4v) is 2.01. The Morgan fingerprint density at radius 3 is 2.25 bits per heavy atom. The van der Waals surface area contributed by atoms with Crippen molar-refractivity contribution >= 4 is 26.6 Å². The highest BCUT2D eigenvalue weighted by Crippen LogP contribution is 2.21. The van der Waals surface area contributed by atoms with Gasteiger partial charge in [0.25, 0.3) is 0 Å². The van der Waals surface area contributed by atoms with Crippen molar-refractivity contribution in [3.63, 3.8) is 0 Å². The summed E-state index contributed by atoms with van der Waals surface area (Å²) < 4.78 is 22.9. The number of sulfone groups is 1. The summed E-state index contributed by atoms with van der Waals surface area (Å²) in [6.07, 6.45) is 0. The van der Waals surface area contributed by atoms with E-state index < -0.39 is 20.9 Å². The Morgan fingerprint density at radius 1 is 1.31 bits per heavy atom. The van der Waals surface area contributed by atoms with E-state index >= 15 is 0 Å². The smallest absolute Gasteiger partial charge is 0.335 e. The molecule has 1 aromatic rings. The van der Waals surface area contributed by atoms with Gasteiger partial charge in [-0.15, -0.1) is 0 Å². The van der Waals surface area contributed by atoms with Gasteiger partial charge in [-0.3, -0.25) is 4.79 Å². The molecule has 1 rings (SSSR count). The first kappa shape index (κ1) is 12.2. The van der Waals surface area contributed by atoms with E-state index in [1.807, 2.05) is 0 Å². The van der Waals surface area contributed by atoms with Crippen LogP contribution in [0.25, 0.3) is 0 Å². The predicted octanol–water partition coefficient (Wildman–Crippen LogP) is 0.287. The van der Waals surface area contributed by atoms with Crippen LogP contribution >= 0.6 is 0 Å². The van der Waals surface area contributed by atoms with Gasteiger partial charge >= 0.3 is 5.97 Å². The predicted molar refractivity (Wildman–Crippen MR) is 55.7 cm³/mol. The highest BCUT2D eigenvalue weighted by molar-refractivity contribution is 8.06. The summed E-state index contributed by atoms with van der Waals surface area (Å²) in [6, 6.07) is 3.09. The molecule has 16 heavy (non-hydrogen) atoms. The van der Waals surface area contributed by atoms with E-state index in [2.05, 4.69) is 0 Å². The molecule has 0 saturated heterocycles. The van der Waals surface area contributed by atoms with E-state index in [-0.39, 0.29) is 16.1 Å². The second-order valence-electron chi connectivity index (χ2n) is 3.05. The van der Waals surface area contributed by atoms with E-state index in [4.69, 9.17) is 10.8 Å². The Kier molecular flexibility index (Phi) is 2.99. The van der Waals surface area contributed by atoms with Gasteiger partial charge in [0, 0.05) is 6.92 Å². The van der Waals surface area contributed by atoms with Gasteiger partial charge in [-0.25, -0.2) is 13.2 Å². The fourth-order valence-electron chi connectivity index (χ4n) is 1.08. The molecule has 7 heteroatoms. The number of hydrogen-bond donors (Lipinski definition) is 2. The Bertz CT molecular complexity index is 561. The van der Waals surface area contributed by atoms with E-state index in [0.29, 0.717) is 0 Å². The van der Waals surface area contributed by atoms with Gasteiger partial charge in [-0.2, -0.15) is 0 Å². The van der Waals surface area contributed by atoms with Gasteiger partial charge in [0.05, 0.1) is 16.1 Å². The highest BCUT2D eigenvalue weighted by Gasteiger charge is 2.23. The van der Waals surface area contributed by atoms with E-state index in [0.717, 1.165) is 25.1 Å². The van der Waals surface area contributed by atoms with Crippen molar-refractivity contribution < 1.29 is 23.1 Å². The second-order valence-corrected chi connectivity index (χ2v) is 5.07. The summed E-state index contributed by atoms with van der Waals surface area (Å²) >= 11 is 0. The largest absolute Gasteiger partial charge is 0.478 e. The number of nitrogen functional groups attached to an aromatic ring is 1. The maximum atomic E-state index is 11.5. The molecular weight excluding hydrogens is 234 g/mol. The molecule has 1 aromatic carbocycles. The van der Waals surface area contributed by atoms with Crippen molar-refractivity contribution in [1.82, 2.24) is 0 Å². The number of benzene rings is 1. The third-order valence-corrected chi connectivity index (χ3v) is 3.63. The van der Waals surface area contributed by atoms with Crippen molar-refractivity contribution in [3.8, 4) is 0 Å². The maximum absolute atomic E-state index is 11.5. The van der Waals surface area contributed by atoms with Crippen LogP contribution in [0.1, 0.15) is 17.3 Å². The second kappa shape index (κ2) is 3.93. The SMILES string of the molecule is CC(=O)S(=O)(=O)c1ccc(C(=O)O)cc1N. The van der Waals surface area contributed by atoms with Crippen molar-refractivity contribution in [2.75, 3.05) is 5.73 Å². The molecule has 6 nitrogen and oxygen atoms in total. The maximum Gasteiger partial charge on any atom is 0.335 e. The molecule has 0 atom stereocenters. The molecular formula is C9H9NO5S. The van der Waals surface area contributed by atoms with Crippen LogP contribution < -0.4 is 5.73 Å². The fraction of sp³-hybridized carbons (Fsp3) is 0.111. The first-order valence-corrected chi connectivity index (χ1v) is 5.63. The average Bonchev–Trinajstić information content (AvgIpc) is 2.16. The zero-order valence-electron chi connectivity index (χ0n) is 8.30. The van der Waals surface area contributed by atoms with Crippen LogP contribution in [-0.2, 0) is 14.6 Å². The van der Waals surface area contributed by atoms with Crippen molar-refractivity contribution in [1.29, 1.82) is 0 Å². The topological polar surface area (TPSA) is 115 Å². The van der Waals surface area contributed by atoms with E-state index in [9.17, 15) is 18.0 Å². The minimum absolute atomic E-state index is 0.139.